The quantitative estimate of drug-likeness (QED) is 0.631. The fraction of sp³-hybridized carbons (Fsp3) is 0.400. The first-order valence-corrected chi connectivity index (χ1v) is 11.0. The molecule has 0 spiro atoms. The molecule has 0 aliphatic carbocycles. The maximum atomic E-state index is 12.8. The fourth-order valence-corrected chi connectivity index (χ4v) is 4.17. The van der Waals surface area contributed by atoms with Gasteiger partial charge in [-0.1, -0.05) is 12.1 Å². The van der Waals surface area contributed by atoms with Crippen LogP contribution in [0.4, 0.5) is 5.95 Å². The van der Waals surface area contributed by atoms with Gasteiger partial charge in [0.05, 0.1) is 31.5 Å². The number of piperidine rings is 1. The van der Waals surface area contributed by atoms with Crippen LogP contribution in [0.5, 0.6) is 11.5 Å². The molecule has 0 unspecified atom stereocenters. The van der Waals surface area contributed by atoms with Crippen LogP contribution in [0.25, 0.3) is 10.9 Å². The second-order valence-corrected chi connectivity index (χ2v) is 8.26. The number of hydrogen-bond donors (Lipinski definition) is 1. The molecule has 0 saturated carbocycles. The van der Waals surface area contributed by atoms with E-state index in [9.17, 15) is 4.79 Å². The van der Waals surface area contributed by atoms with Crippen molar-refractivity contribution in [3.05, 3.63) is 53.7 Å². The third-order valence-corrected chi connectivity index (χ3v) is 6.21. The van der Waals surface area contributed by atoms with E-state index in [-0.39, 0.29) is 17.9 Å². The first-order chi connectivity index (χ1) is 15.5. The molecule has 1 aliphatic rings. The lowest BCUT2D eigenvalue weighted by molar-refractivity contribution is -0.126. The second kappa shape index (κ2) is 9.42. The highest BCUT2D eigenvalue weighted by molar-refractivity contribution is 5.83. The summed E-state index contributed by atoms with van der Waals surface area (Å²) >= 11 is 0. The number of benzene rings is 2. The first kappa shape index (κ1) is 21.9. The summed E-state index contributed by atoms with van der Waals surface area (Å²) in [6.07, 6.45) is 1.56. The third-order valence-electron chi connectivity index (χ3n) is 6.21. The first-order valence-electron chi connectivity index (χ1n) is 11.0. The number of carbonyl (C=O) groups excluding carboxylic acids is 1. The molecular weight excluding hydrogens is 404 g/mol. The summed E-state index contributed by atoms with van der Waals surface area (Å²) in [6, 6.07) is 13.6. The van der Waals surface area contributed by atoms with Crippen molar-refractivity contribution in [3.8, 4) is 11.5 Å². The van der Waals surface area contributed by atoms with E-state index < -0.39 is 0 Å². The van der Waals surface area contributed by atoms with Crippen LogP contribution in [-0.4, -0.2) is 43.2 Å². The van der Waals surface area contributed by atoms with Crippen LogP contribution in [0.2, 0.25) is 0 Å². The van der Waals surface area contributed by atoms with Crippen molar-refractivity contribution < 1.29 is 14.3 Å². The van der Waals surface area contributed by atoms with E-state index in [0.29, 0.717) is 5.95 Å². The van der Waals surface area contributed by atoms with E-state index in [4.69, 9.17) is 19.4 Å². The molecular formula is C25H30N4O3. The second-order valence-electron chi connectivity index (χ2n) is 8.26. The third kappa shape index (κ3) is 4.61. The lowest BCUT2D eigenvalue weighted by Crippen LogP contribution is -2.41. The van der Waals surface area contributed by atoms with Gasteiger partial charge in [0.15, 0.2) is 0 Å². The molecule has 0 bridgehead atoms. The van der Waals surface area contributed by atoms with Crippen molar-refractivity contribution in [1.29, 1.82) is 0 Å². The van der Waals surface area contributed by atoms with Gasteiger partial charge in [-0.3, -0.25) is 4.79 Å². The van der Waals surface area contributed by atoms with Gasteiger partial charge in [-0.2, -0.15) is 0 Å². The molecule has 7 heteroatoms. The van der Waals surface area contributed by atoms with Gasteiger partial charge in [-0.25, -0.2) is 9.97 Å². The maximum Gasteiger partial charge on any atom is 0.226 e. The SMILES string of the molecule is COc1ccc([C@@H](C)NC(=O)C2CCN(c3nc(C)c4ccc(OC)cc4n3)CC2)cc1. The number of hydrogen-bond acceptors (Lipinski definition) is 6. The van der Waals surface area contributed by atoms with Gasteiger partial charge in [0.25, 0.3) is 0 Å². The molecule has 32 heavy (non-hydrogen) atoms. The average Bonchev–Trinajstić information content (AvgIpc) is 2.83. The molecule has 0 radical (unpaired) electrons. The van der Waals surface area contributed by atoms with Gasteiger partial charge in [0.1, 0.15) is 11.5 Å². The van der Waals surface area contributed by atoms with Crippen LogP contribution in [0.1, 0.15) is 37.1 Å². The molecule has 1 N–H and O–H groups in total. The van der Waals surface area contributed by atoms with Crippen molar-refractivity contribution in [2.24, 2.45) is 5.92 Å². The van der Waals surface area contributed by atoms with Crippen LogP contribution in [0.15, 0.2) is 42.5 Å². The van der Waals surface area contributed by atoms with Crippen molar-refractivity contribution in [3.63, 3.8) is 0 Å². The number of carbonyl (C=O) groups is 1. The summed E-state index contributed by atoms with van der Waals surface area (Å²) < 4.78 is 10.5. The Morgan fingerprint density at radius 3 is 2.34 bits per heavy atom. The molecule has 3 aromatic rings. The van der Waals surface area contributed by atoms with E-state index in [1.807, 2.05) is 56.3 Å². The zero-order valence-corrected chi connectivity index (χ0v) is 19.1. The van der Waals surface area contributed by atoms with Gasteiger partial charge < -0.3 is 19.7 Å². The maximum absolute atomic E-state index is 12.8. The highest BCUT2D eigenvalue weighted by Gasteiger charge is 2.27. The molecule has 1 saturated heterocycles. The van der Waals surface area contributed by atoms with Crippen molar-refractivity contribution in [2.45, 2.75) is 32.7 Å². The minimum Gasteiger partial charge on any atom is -0.497 e. The summed E-state index contributed by atoms with van der Waals surface area (Å²) in [6.45, 7) is 5.52. The van der Waals surface area contributed by atoms with Crippen LogP contribution in [0.3, 0.4) is 0 Å². The number of aryl methyl sites for hydroxylation is 1. The molecule has 1 amide bonds. The average molecular weight is 435 g/mol. The Kier molecular flexibility index (Phi) is 6.44. The van der Waals surface area contributed by atoms with E-state index >= 15 is 0 Å². The van der Waals surface area contributed by atoms with Gasteiger partial charge in [0.2, 0.25) is 11.9 Å². The summed E-state index contributed by atoms with van der Waals surface area (Å²) in [5, 5.41) is 4.18. The van der Waals surface area contributed by atoms with Crippen LogP contribution >= 0.6 is 0 Å². The number of methoxy groups -OCH3 is 2. The summed E-state index contributed by atoms with van der Waals surface area (Å²) in [7, 11) is 3.30. The number of aromatic nitrogens is 2. The van der Waals surface area contributed by atoms with Gasteiger partial charge >= 0.3 is 0 Å². The normalized spacial score (nSPS) is 15.4. The Hall–Kier alpha value is -3.35. The van der Waals surface area contributed by atoms with Crippen molar-refractivity contribution >= 4 is 22.8 Å². The lowest BCUT2D eigenvalue weighted by Gasteiger charge is -2.32. The highest BCUT2D eigenvalue weighted by atomic mass is 16.5. The Balaban J connectivity index is 1.38. The largest absolute Gasteiger partial charge is 0.497 e. The molecule has 7 nitrogen and oxygen atoms in total. The molecule has 1 atom stereocenters. The minimum absolute atomic E-state index is 0.00593. The summed E-state index contributed by atoms with van der Waals surface area (Å²) in [5.74, 6) is 2.41. The monoisotopic (exact) mass is 434 g/mol. The number of nitrogens with zero attached hydrogens (tertiary/aromatic N) is 3. The van der Waals surface area contributed by atoms with Crippen molar-refractivity contribution in [2.75, 3.05) is 32.2 Å². The molecule has 2 aromatic carbocycles. The Labute approximate surface area is 188 Å². The van der Waals surface area contributed by atoms with E-state index in [1.165, 1.54) is 0 Å². The Morgan fingerprint density at radius 2 is 1.69 bits per heavy atom. The number of rotatable bonds is 6. The van der Waals surface area contributed by atoms with Crippen LogP contribution in [0, 0.1) is 12.8 Å². The van der Waals surface area contributed by atoms with E-state index in [2.05, 4.69) is 10.2 Å². The van der Waals surface area contributed by atoms with Crippen LogP contribution in [-0.2, 0) is 4.79 Å². The number of ether oxygens (including phenoxy) is 2. The van der Waals surface area contributed by atoms with Crippen molar-refractivity contribution in [1.82, 2.24) is 15.3 Å². The number of amides is 1. The Morgan fingerprint density at radius 1 is 1.03 bits per heavy atom. The van der Waals surface area contributed by atoms with Gasteiger partial charge in [-0.15, -0.1) is 0 Å². The minimum atomic E-state index is -0.0483. The number of fused-ring (bicyclic) bond motifs is 1. The number of nitrogens with one attached hydrogen (secondary N) is 1. The number of anilines is 1. The topological polar surface area (TPSA) is 76.6 Å². The Bertz CT molecular complexity index is 1090. The van der Waals surface area contributed by atoms with Gasteiger partial charge in [-0.05, 0) is 56.5 Å². The predicted molar refractivity (Wildman–Crippen MR) is 125 cm³/mol. The lowest BCUT2D eigenvalue weighted by atomic mass is 9.95. The molecule has 1 fully saturated rings. The molecule has 4 rings (SSSR count). The highest BCUT2D eigenvalue weighted by Crippen LogP contribution is 2.27. The smallest absolute Gasteiger partial charge is 0.226 e. The zero-order valence-electron chi connectivity index (χ0n) is 19.1. The molecule has 2 heterocycles. The van der Waals surface area contributed by atoms with Crippen LogP contribution < -0.4 is 19.7 Å². The predicted octanol–water partition coefficient (Wildman–Crippen LogP) is 4.05. The zero-order chi connectivity index (χ0) is 22.7. The standard InChI is InChI=1S/C25H30N4O3/c1-16(18-5-7-20(31-3)8-6-18)26-24(30)19-11-13-29(14-12-19)25-27-17(2)22-10-9-21(32-4)15-23(22)28-25/h5-10,15-16,19H,11-14H2,1-4H3,(H,26,30)/t16-/m1/s1. The van der Waals surface area contributed by atoms with E-state index in [1.54, 1.807) is 14.2 Å². The van der Waals surface area contributed by atoms with E-state index in [0.717, 1.165) is 59.6 Å². The summed E-state index contributed by atoms with van der Waals surface area (Å²) in [4.78, 5) is 24.5. The summed E-state index contributed by atoms with van der Waals surface area (Å²) in [5.41, 5.74) is 2.88. The molecule has 1 aliphatic heterocycles. The van der Waals surface area contributed by atoms with Gasteiger partial charge in [0, 0.05) is 30.5 Å². The molecule has 1 aromatic heterocycles. The fourth-order valence-electron chi connectivity index (χ4n) is 4.17. The molecule has 168 valence electrons.